The van der Waals surface area contributed by atoms with E-state index in [1.165, 1.54) is 6.07 Å². The lowest BCUT2D eigenvalue weighted by atomic mass is 9.74. The molecule has 0 aliphatic carbocycles. The first-order valence-corrected chi connectivity index (χ1v) is 11.6. The predicted octanol–water partition coefficient (Wildman–Crippen LogP) is 4.93. The van der Waals surface area contributed by atoms with Gasteiger partial charge in [0.25, 0.3) is 0 Å². The minimum Gasteiger partial charge on any atom is -0.355 e. The molecule has 1 N–H and O–H groups in total. The van der Waals surface area contributed by atoms with Crippen LogP contribution < -0.4 is 5.32 Å². The molecule has 0 unspecified atom stereocenters. The van der Waals surface area contributed by atoms with Gasteiger partial charge >= 0.3 is 0 Å². The van der Waals surface area contributed by atoms with Crippen molar-refractivity contribution >= 4 is 11.7 Å². The van der Waals surface area contributed by atoms with Gasteiger partial charge in [0, 0.05) is 37.8 Å². The SMILES string of the molecule is CCC(=O)c1ccc(C[C@@H](CNC(=O)C[C@@H](c2cncc(C)c2)C(C)(C)C)N(C)C)cc1F. The highest BCUT2D eigenvalue weighted by Crippen LogP contribution is 2.37. The Hall–Kier alpha value is -2.60. The largest absolute Gasteiger partial charge is 0.355 e. The number of rotatable bonds is 10. The van der Waals surface area contributed by atoms with E-state index >= 15 is 0 Å². The fourth-order valence-corrected chi connectivity index (χ4v) is 3.99. The van der Waals surface area contributed by atoms with Crippen LogP contribution >= 0.6 is 0 Å². The quantitative estimate of drug-likeness (QED) is 0.516. The smallest absolute Gasteiger partial charge is 0.220 e. The number of amides is 1. The molecule has 6 heteroatoms. The first kappa shape index (κ1) is 26.7. The zero-order valence-electron chi connectivity index (χ0n) is 21.0. The minimum absolute atomic E-state index is 0.00481. The highest BCUT2D eigenvalue weighted by molar-refractivity contribution is 5.96. The second-order valence-electron chi connectivity index (χ2n) is 10.1. The van der Waals surface area contributed by atoms with Crippen LogP contribution in [0.4, 0.5) is 4.39 Å². The number of hydrogen-bond acceptors (Lipinski definition) is 4. The van der Waals surface area contributed by atoms with E-state index in [9.17, 15) is 14.0 Å². The van der Waals surface area contributed by atoms with Crippen molar-refractivity contribution in [3.05, 3.63) is 64.7 Å². The van der Waals surface area contributed by atoms with E-state index in [2.05, 4.69) is 37.1 Å². The molecule has 0 saturated carbocycles. The summed E-state index contributed by atoms with van der Waals surface area (Å²) in [6, 6.07) is 6.88. The summed E-state index contributed by atoms with van der Waals surface area (Å²) in [6.45, 7) is 10.6. The van der Waals surface area contributed by atoms with Crippen LogP contribution in [-0.2, 0) is 11.2 Å². The number of Topliss-reactive ketones (excluding diaryl/α,β-unsaturated/α-hetero) is 1. The molecule has 0 bridgehead atoms. The van der Waals surface area contributed by atoms with E-state index < -0.39 is 5.82 Å². The Morgan fingerprint density at radius 1 is 1.15 bits per heavy atom. The number of likely N-dealkylation sites (N-methyl/N-ethyl adjacent to an activating group) is 1. The molecular weight excluding hydrogens is 417 g/mol. The Morgan fingerprint density at radius 2 is 1.85 bits per heavy atom. The average Bonchev–Trinajstić information content (AvgIpc) is 2.73. The van der Waals surface area contributed by atoms with Gasteiger partial charge in [0.1, 0.15) is 5.82 Å². The summed E-state index contributed by atoms with van der Waals surface area (Å²) < 4.78 is 14.4. The van der Waals surface area contributed by atoms with Gasteiger partial charge in [-0.2, -0.15) is 0 Å². The number of pyridine rings is 1. The van der Waals surface area contributed by atoms with Crippen molar-refractivity contribution in [1.82, 2.24) is 15.2 Å². The zero-order valence-corrected chi connectivity index (χ0v) is 21.0. The van der Waals surface area contributed by atoms with Gasteiger partial charge in [-0.3, -0.25) is 14.6 Å². The highest BCUT2D eigenvalue weighted by atomic mass is 19.1. The molecule has 180 valence electrons. The number of aromatic nitrogens is 1. The molecule has 33 heavy (non-hydrogen) atoms. The number of carbonyl (C=O) groups is 2. The molecule has 5 nitrogen and oxygen atoms in total. The maximum Gasteiger partial charge on any atom is 0.220 e. The summed E-state index contributed by atoms with van der Waals surface area (Å²) in [5, 5.41) is 3.08. The van der Waals surface area contributed by atoms with Gasteiger partial charge in [-0.05, 0) is 67.6 Å². The first-order chi connectivity index (χ1) is 15.4. The Labute approximate surface area is 197 Å². The van der Waals surface area contributed by atoms with Gasteiger partial charge in [0.05, 0.1) is 5.56 Å². The molecule has 1 amide bonds. The van der Waals surface area contributed by atoms with Crippen molar-refractivity contribution in [2.45, 2.75) is 65.8 Å². The molecule has 2 atom stereocenters. The number of aryl methyl sites for hydroxylation is 1. The third kappa shape index (κ3) is 7.74. The minimum atomic E-state index is -0.485. The van der Waals surface area contributed by atoms with Crippen LogP contribution in [0, 0.1) is 18.2 Å². The summed E-state index contributed by atoms with van der Waals surface area (Å²) in [6.07, 6.45) is 4.88. The third-order valence-corrected chi connectivity index (χ3v) is 6.12. The average molecular weight is 456 g/mol. The predicted molar refractivity (Wildman–Crippen MR) is 131 cm³/mol. The number of halogens is 1. The molecule has 0 spiro atoms. The van der Waals surface area contributed by atoms with E-state index in [0.29, 0.717) is 19.4 Å². The van der Waals surface area contributed by atoms with Crippen LogP contribution in [0.3, 0.4) is 0 Å². The molecule has 1 aromatic carbocycles. The van der Waals surface area contributed by atoms with Crippen molar-refractivity contribution in [3.63, 3.8) is 0 Å². The van der Waals surface area contributed by atoms with E-state index in [1.54, 1.807) is 19.1 Å². The van der Waals surface area contributed by atoms with E-state index in [1.807, 2.05) is 38.3 Å². The van der Waals surface area contributed by atoms with E-state index in [0.717, 1.165) is 16.7 Å². The highest BCUT2D eigenvalue weighted by Gasteiger charge is 2.29. The molecule has 1 heterocycles. The Kier molecular flexibility index (Phi) is 9.29. The summed E-state index contributed by atoms with van der Waals surface area (Å²) in [5.41, 5.74) is 2.98. The van der Waals surface area contributed by atoms with Crippen molar-refractivity contribution in [1.29, 1.82) is 0 Å². The maximum absolute atomic E-state index is 14.4. The normalized spacial score (nSPS) is 13.6. The Morgan fingerprint density at radius 3 is 2.39 bits per heavy atom. The molecule has 1 aromatic heterocycles. The number of hydrogen-bond donors (Lipinski definition) is 1. The molecule has 2 aromatic rings. The molecule has 2 rings (SSSR count). The van der Waals surface area contributed by atoms with E-state index in [4.69, 9.17) is 0 Å². The van der Waals surface area contributed by atoms with Gasteiger partial charge < -0.3 is 10.2 Å². The molecule has 0 aliphatic rings. The molecule has 0 aliphatic heterocycles. The van der Waals surface area contributed by atoms with Crippen LogP contribution in [-0.4, -0.2) is 48.3 Å². The first-order valence-electron chi connectivity index (χ1n) is 11.6. The van der Waals surface area contributed by atoms with Gasteiger partial charge in [0.2, 0.25) is 5.91 Å². The Bertz CT molecular complexity index is 966. The van der Waals surface area contributed by atoms with Gasteiger partial charge in [0.15, 0.2) is 5.78 Å². The lowest BCUT2D eigenvalue weighted by molar-refractivity contribution is -0.122. The topological polar surface area (TPSA) is 62.3 Å². The van der Waals surface area contributed by atoms with Crippen molar-refractivity contribution in [3.8, 4) is 0 Å². The standard InChI is InChI=1S/C27H38FN3O2/c1-8-25(32)22-10-9-19(13-24(22)28)12-21(31(6)7)17-30-26(33)14-23(27(3,4)5)20-11-18(2)15-29-16-20/h9-11,13,15-16,21,23H,8,12,14,17H2,1-7H3,(H,30,33)/t21-,23-/m0/s1. The summed E-state index contributed by atoms with van der Waals surface area (Å²) in [5.74, 6) is -0.660. The van der Waals surface area contributed by atoms with Crippen LogP contribution in [0.2, 0.25) is 0 Å². The number of nitrogens with zero attached hydrogens (tertiary/aromatic N) is 2. The lowest BCUT2D eigenvalue weighted by Crippen LogP contribution is -2.42. The van der Waals surface area contributed by atoms with Crippen molar-refractivity contribution in [2.24, 2.45) is 5.41 Å². The molecule has 0 saturated heterocycles. The van der Waals surface area contributed by atoms with Crippen LogP contribution in [0.5, 0.6) is 0 Å². The summed E-state index contributed by atoms with van der Waals surface area (Å²) >= 11 is 0. The van der Waals surface area contributed by atoms with E-state index in [-0.39, 0.29) is 41.0 Å². The second kappa shape index (κ2) is 11.5. The van der Waals surface area contributed by atoms with Gasteiger partial charge in [-0.15, -0.1) is 0 Å². The van der Waals surface area contributed by atoms with Crippen molar-refractivity contribution in [2.75, 3.05) is 20.6 Å². The third-order valence-electron chi connectivity index (χ3n) is 6.12. The zero-order chi connectivity index (χ0) is 24.8. The van der Waals surface area contributed by atoms with Gasteiger partial charge in [-0.1, -0.05) is 39.8 Å². The molecular formula is C27H38FN3O2. The lowest BCUT2D eigenvalue weighted by Gasteiger charge is -2.31. The fourth-order valence-electron chi connectivity index (χ4n) is 3.99. The number of carbonyl (C=O) groups excluding carboxylic acids is 2. The molecule has 0 fully saturated rings. The number of ketones is 1. The fraction of sp³-hybridized carbons (Fsp3) is 0.519. The van der Waals surface area contributed by atoms with Crippen molar-refractivity contribution < 1.29 is 14.0 Å². The summed E-state index contributed by atoms with van der Waals surface area (Å²) in [4.78, 5) is 31.1. The maximum atomic E-state index is 14.4. The number of nitrogens with one attached hydrogen (secondary N) is 1. The Balaban J connectivity index is 2.06. The van der Waals surface area contributed by atoms with Gasteiger partial charge in [-0.25, -0.2) is 4.39 Å². The summed E-state index contributed by atoms with van der Waals surface area (Å²) in [7, 11) is 3.89. The van der Waals surface area contributed by atoms with Crippen LogP contribution in [0.15, 0.2) is 36.7 Å². The van der Waals surface area contributed by atoms with Crippen LogP contribution in [0.1, 0.15) is 73.5 Å². The van der Waals surface area contributed by atoms with Crippen LogP contribution in [0.25, 0.3) is 0 Å². The molecule has 0 radical (unpaired) electrons. The second-order valence-corrected chi connectivity index (χ2v) is 10.1. The number of benzene rings is 1. The monoisotopic (exact) mass is 455 g/mol.